The number of nitrogens with zero attached hydrogens (tertiary/aromatic N) is 5. The van der Waals surface area contributed by atoms with Gasteiger partial charge in [0, 0.05) is 43.1 Å². The van der Waals surface area contributed by atoms with E-state index in [0.717, 1.165) is 81.1 Å². The van der Waals surface area contributed by atoms with E-state index in [9.17, 15) is 0 Å². The Morgan fingerprint density at radius 3 is 2.43 bits per heavy atom. The fourth-order valence-corrected chi connectivity index (χ4v) is 5.12. The van der Waals surface area contributed by atoms with E-state index in [1.54, 1.807) is 0 Å². The number of hydrogen-bond acceptors (Lipinski definition) is 8. The molecule has 2 aromatic carbocycles. The average molecular weight is 499 g/mol. The van der Waals surface area contributed by atoms with Crippen LogP contribution < -0.4 is 16.4 Å². The molecule has 0 spiro atoms. The van der Waals surface area contributed by atoms with Gasteiger partial charge in [-0.3, -0.25) is 9.47 Å². The smallest absolute Gasteiger partial charge is 0.227 e. The molecule has 0 amide bonds. The molecular formula is C28H34N8O. The largest absolute Gasteiger partial charge is 0.379 e. The van der Waals surface area contributed by atoms with Crippen LogP contribution in [0.2, 0.25) is 0 Å². The molecule has 1 aliphatic heterocycles. The van der Waals surface area contributed by atoms with Crippen molar-refractivity contribution in [2.45, 2.75) is 44.3 Å². The summed E-state index contributed by atoms with van der Waals surface area (Å²) in [5.74, 6) is 1.30. The Bertz CT molecular complexity index is 1310. The molecule has 2 aliphatic rings. The Morgan fingerprint density at radius 1 is 0.919 bits per heavy atom. The molecule has 3 heterocycles. The van der Waals surface area contributed by atoms with E-state index in [0.29, 0.717) is 23.8 Å². The third-order valence-corrected chi connectivity index (χ3v) is 7.26. The SMILES string of the molecule is NC1CCC(Nc2nc(Nc3ccc(CN4CCOCC4)cc3)c3ncn(-c4ccccc4)c3n2)CC1. The zero-order chi connectivity index (χ0) is 25.0. The van der Waals surface area contributed by atoms with Gasteiger partial charge in [0.05, 0.1) is 13.2 Å². The number of imidazole rings is 1. The first-order chi connectivity index (χ1) is 18.2. The number of aromatic nitrogens is 4. The topological polar surface area (TPSA) is 106 Å². The van der Waals surface area contributed by atoms with Crippen LogP contribution >= 0.6 is 0 Å². The molecule has 0 radical (unpaired) electrons. The molecule has 0 bridgehead atoms. The Kier molecular flexibility index (Phi) is 6.98. The lowest BCUT2D eigenvalue weighted by molar-refractivity contribution is 0.0342. The van der Waals surface area contributed by atoms with Crippen LogP contribution in [-0.4, -0.2) is 62.8 Å². The van der Waals surface area contributed by atoms with Crippen LogP contribution in [-0.2, 0) is 11.3 Å². The summed E-state index contributed by atoms with van der Waals surface area (Å²) >= 11 is 0. The summed E-state index contributed by atoms with van der Waals surface area (Å²) in [6.45, 7) is 4.51. The minimum Gasteiger partial charge on any atom is -0.379 e. The summed E-state index contributed by atoms with van der Waals surface area (Å²) < 4.78 is 7.48. The number of morpholine rings is 1. The molecule has 6 rings (SSSR count). The van der Waals surface area contributed by atoms with E-state index in [-0.39, 0.29) is 0 Å². The molecule has 9 nitrogen and oxygen atoms in total. The Balaban J connectivity index is 1.28. The van der Waals surface area contributed by atoms with Crippen LogP contribution in [0.4, 0.5) is 17.5 Å². The van der Waals surface area contributed by atoms with Crippen molar-refractivity contribution in [1.82, 2.24) is 24.4 Å². The minimum absolute atomic E-state index is 0.296. The second-order valence-electron chi connectivity index (χ2n) is 9.98. The maximum atomic E-state index is 6.12. The molecule has 1 aliphatic carbocycles. The first kappa shape index (κ1) is 23.8. The second kappa shape index (κ2) is 10.8. The fraction of sp³-hybridized carbons (Fsp3) is 0.393. The number of nitrogens with two attached hydrogens (primary N) is 1. The molecule has 2 aromatic heterocycles. The third-order valence-electron chi connectivity index (χ3n) is 7.26. The van der Waals surface area contributed by atoms with Gasteiger partial charge in [-0.05, 0) is 55.5 Å². The lowest BCUT2D eigenvalue weighted by atomic mass is 9.92. The van der Waals surface area contributed by atoms with Gasteiger partial charge in [-0.25, -0.2) is 4.98 Å². The number of ether oxygens (including phenoxy) is 1. The first-order valence-electron chi connectivity index (χ1n) is 13.2. The highest BCUT2D eigenvalue weighted by molar-refractivity contribution is 5.87. The van der Waals surface area contributed by atoms with Gasteiger partial charge < -0.3 is 21.1 Å². The molecule has 9 heteroatoms. The van der Waals surface area contributed by atoms with Crippen molar-refractivity contribution in [3.05, 3.63) is 66.5 Å². The molecule has 1 saturated carbocycles. The van der Waals surface area contributed by atoms with Crippen LogP contribution in [0.1, 0.15) is 31.2 Å². The molecule has 0 atom stereocenters. The lowest BCUT2D eigenvalue weighted by Gasteiger charge is -2.27. The number of para-hydroxylation sites is 1. The van der Waals surface area contributed by atoms with E-state index in [4.69, 9.17) is 25.4 Å². The lowest BCUT2D eigenvalue weighted by Crippen LogP contribution is -2.35. The number of benzene rings is 2. The summed E-state index contributed by atoms with van der Waals surface area (Å²) in [5, 5.41) is 7.07. The van der Waals surface area contributed by atoms with Crippen LogP contribution in [0.5, 0.6) is 0 Å². The molecule has 0 unspecified atom stereocenters. The predicted octanol–water partition coefficient (Wildman–Crippen LogP) is 4.07. The van der Waals surface area contributed by atoms with Gasteiger partial charge in [0.2, 0.25) is 5.95 Å². The number of fused-ring (bicyclic) bond motifs is 1. The van der Waals surface area contributed by atoms with Crippen LogP contribution in [0.3, 0.4) is 0 Å². The van der Waals surface area contributed by atoms with Crippen molar-refractivity contribution in [3.8, 4) is 5.69 Å². The number of nitrogens with one attached hydrogen (secondary N) is 2. The standard InChI is InChI=1S/C28H34N8O/c29-21-8-12-23(13-9-21)32-28-33-26(25-27(34-28)36(19-30-25)24-4-2-1-3-5-24)31-22-10-6-20(7-11-22)18-35-14-16-37-17-15-35/h1-7,10-11,19,21,23H,8-9,12-18,29H2,(H2,31,32,33,34). The van der Waals surface area contributed by atoms with Gasteiger partial charge in [-0.2, -0.15) is 9.97 Å². The quantitative estimate of drug-likeness (QED) is 0.350. The van der Waals surface area contributed by atoms with Gasteiger partial charge in [0.25, 0.3) is 0 Å². The maximum Gasteiger partial charge on any atom is 0.227 e. The van der Waals surface area contributed by atoms with E-state index in [2.05, 4.69) is 51.9 Å². The van der Waals surface area contributed by atoms with Crippen LogP contribution in [0.25, 0.3) is 16.9 Å². The van der Waals surface area contributed by atoms with Crippen molar-refractivity contribution >= 4 is 28.6 Å². The number of anilines is 3. The van der Waals surface area contributed by atoms with Gasteiger partial charge in [0.1, 0.15) is 6.33 Å². The van der Waals surface area contributed by atoms with Crippen LogP contribution in [0.15, 0.2) is 60.9 Å². The van der Waals surface area contributed by atoms with E-state index in [1.165, 1.54) is 5.56 Å². The normalized spacial score (nSPS) is 20.7. The zero-order valence-electron chi connectivity index (χ0n) is 21.0. The van der Waals surface area contributed by atoms with Crippen molar-refractivity contribution in [2.75, 3.05) is 36.9 Å². The monoisotopic (exact) mass is 498 g/mol. The van der Waals surface area contributed by atoms with Gasteiger partial charge >= 0.3 is 0 Å². The highest BCUT2D eigenvalue weighted by atomic mass is 16.5. The van der Waals surface area contributed by atoms with Crippen molar-refractivity contribution < 1.29 is 4.74 Å². The van der Waals surface area contributed by atoms with Crippen LogP contribution in [0, 0.1) is 0 Å². The highest BCUT2D eigenvalue weighted by Crippen LogP contribution is 2.28. The van der Waals surface area contributed by atoms with E-state index in [1.807, 2.05) is 29.1 Å². The van der Waals surface area contributed by atoms with Gasteiger partial charge in [-0.15, -0.1) is 0 Å². The summed E-state index contributed by atoms with van der Waals surface area (Å²) in [6, 6.07) is 19.3. The first-order valence-corrected chi connectivity index (χ1v) is 13.2. The Morgan fingerprint density at radius 2 is 1.68 bits per heavy atom. The fourth-order valence-electron chi connectivity index (χ4n) is 5.12. The molecule has 4 N–H and O–H groups in total. The van der Waals surface area contributed by atoms with Crippen molar-refractivity contribution in [1.29, 1.82) is 0 Å². The second-order valence-corrected chi connectivity index (χ2v) is 9.98. The predicted molar refractivity (Wildman–Crippen MR) is 146 cm³/mol. The molecule has 37 heavy (non-hydrogen) atoms. The molecular weight excluding hydrogens is 464 g/mol. The summed E-state index contributed by atoms with van der Waals surface area (Å²) in [5.41, 5.74) is 10.9. The zero-order valence-corrected chi connectivity index (χ0v) is 21.0. The number of hydrogen-bond donors (Lipinski definition) is 3. The summed E-state index contributed by atoms with van der Waals surface area (Å²) in [7, 11) is 0. The Hall–Kier alpha value is -3.53. The van der Waals surface area contributed by atoms with Crippen molar-refractivity contribution in [3.63, 3.8) is 0 Å². The third kappa shape index (κ3) is 5.58. The Labute approximate surface area is 217 Å². The highest BCUT2D eigenvalue weighted by Gasteiger charge is 2.21. The van der Waals surface area contributed by atoms with E-state index < -0.39 is 0 Å². The van der Waals surface area contributed by atoms with Gasteiger partial charge in [-0.1, -0.05) is 30.3 Å². The van der Waals surface area contributed by atoms with Gasteiger partial charge in [0.15, 0.2) is 17.0 Å². The maximum absolute atomic E-state index is 6.12. The summed E-state index contributed by atoms with van der Waals surface area (Å²) in [4.78, 5) is 16.9. The average Bonchev–Trinajstić information content (AvgIpc) is 3.37. The van der Waals surface area contributed by atoms with E-state index >= 15 is 0 Å². The minimum atomic E-state index is 0.296. The number of rotatable bonds is 7. The molecule has 4 aromatic rings. The molecule has 2 fully saturated rings. The summed E-state index contributed by atoms with van der Waals surface area (Å²) in [6.07, 6.45) is 5.89. The molecule has 192 valence electrons. The van der Waals surface area contributed by atoms with Crippen molar-refractivity contribution in [2.24, 2.45) is 5.73 Å². The molecule has 1 saturated heterocycles.